The number of nitrogens with zero attached hydrogens (tertiary/aromatic N) is 1. The van der Waals surface area contributed by atoms with Gasteiger partial charge in [-0.25, -0.2) is 4.98 Å². The number of rotatable bonds is 5. The molecule has 0 spiro atoms. The maximum absolute atomic E-state index is 12.9. The third kappa shape index (κ3) is 3.16. The van der Waals surface area contributed by atoms with E-state index >= 15 is 0 Å². The van der Waals surface area contributed by atoms with Gasteiger partial charge >= 0.3 is 6.18 Å². The second-order valence-electron chi connectivity index (χ2n) is 5.27. The molecule has 1 aromatic rings. The zero-order valence-corrected chi connectivity index (χ0v) is 11.8. The van der Waals surface area contributed by atoms with Crippen molar-refractivity contribution in [1.82, 2.24) is 4.98 Å². The number of aromatic nitrogens is 1. The lowest BCUT2D eigenvalue weighted by Gasteiger charge is -2.42. The van der Waals surface area contributed by atoms with Crippen LogP contribution in [0.4, 0.5) is 24.8 Å². The predicted octanol–water partition coefficient (Wildman–Crippen LogP) is 4.28. The van der Waals surface area contributed by atoms with Crippen LogP contribution < -0.4 is 10.6 Å². The standard InChI is InChI=1S/C14H20F3N3/c1-3-13(6-5-7-13)20-12-9-10(14(15,16)17)8-11(19-12)18-4-2/h8-9H,3-7H2,1-2H3,(H2,18,19,20). The minimum absolute atomic E-state index is 0.0826. The molecule has 1 saturated carbocycles. The number of halogens is 3. The second kappa shape index (κ2) is 5.50. The summed E-state index contributed by atoms with van der Waals surface area (Å²) in [6.45, 7) is 4.41. The quantitative estimate of drug-likeness (QED) is 0.849. The van der Waals surface area contributed by atoms with Crippen LogP contribution in [0.15, 0.2) is 12.1 Å². The summed E-state index contributed by atoms with van der Waals surface area (Å²) in [5, 5.41) is 6.05. The smallest absolute Gasteiger partial charge is 0.370 e. The van der Waals surface area contributed by atoms with Crippen molar-refractivity contribution in [2.45, 2.75) is 51.2 Å². The van der Waals surface area contributed by atoms with Crippen molar-refractivity contribution in [2.24, 2.45) is 0 Å². The fourth-order valence-corrected chi connectivity index (χ4v) is 2.47. The topological polar surface area (TPSA) is 37.0 Å². The fraction of sp³-hybridized carbons (Fsp3) is 0.643. The number of alkyl halides is 3. The maximum atomic E-state index is 12.9. The van der Waals surface area contributed by atoms with Crippen molar-refractivity contribution in [3.05, 3.63) is 17.7 Å². The number of anilines is 2. The van der Waals surface area contributed by atoms with Crippen LogP contribution in [0.3, 0.4) is 0 Å². The van der Waals surface area contributed by atoms with E-state index in [0.29, 0.717) is 12.4 Å². The molecule has 0 bridgehead atoms. The summed E-state index contributed by atoms with van der Waals surface area (Å²) < 4.78 is 38.7. The summed E-state index contributed by atoms with van der Waals surface area (Å²) in [4.78, 5) is 4.23. The SMILES string of the molecule is CCNc1cc(C(F)(F)F)cc(NC2(CC)CCC2)n1. The monoisotopic (exact) mass is 287 g/mol. The Morgan fingerprint density at radius 3 is 2.30 bits per heavy atom. The van der Waals surface area contributed by atoms with Crippen molar-refractivity contribution in [3.63, 3.8) is 0 Å². The molecule has 1 aromatic heterocycles. The molecular weight excluding hydrogens is 267 g/mol. The molecular formula is C14H20F3N3. The van der Waals surface area contributed by atoms with Crippen molar-refractivity contribution in [1.29, 1.82) is 0 Å². The highest BCUT2D eigenvalue weighted by Crippen LogP contribution is 2.39. The first-order valence-electron chi connectivity index (χ1n) is 7.00. The van der Waals surface area contributed by atoms with Crippen LogP contribution >= 0.6 is 0 Å². The lowest BCUT2D eigenvalue weighted by atomic mass is 9.75. The second-order valence-corrected chi connectivity index (χ2v) is 5.27. The van der Waals surface area contributed by atoms with E-state index in [1.165, 1.54) is 0 Å². The molecule has 1 fully saturated rings. The molecule has 1 aliphatic carbocycles. The molecule has 20 heavy (non-hydrogen) atoms. The summed E-state index contributed by atoms with van der Waals surface area (Å²) in [5.74, 6) is 0.563. The predicted molar refractivity (Wildman–Crippen MR) is 73.9 cm³/mol. The van der Waals surface area contributed by atoms with Crippen LogP contribution in [0, 0.1) is 0 Å². The van der Waals surface area contributed by atoms with Crippen molar-refractivity contribution >= 4 is 11.6 Å². The molecule has 2 rings (SSSR count). The molecule has 6 heteroatoms. The molecule has 3 nitrogen and oxygen atoms in total. The van der Waals surface area contributed by atoms with Gasteiger partial charge in [0.1, 0.15) is 11.6 Å². The van der Waals surface area contributed by atoms with Crippen molar-refractivity contribution in [2.75, 3.05) is 17.2 Å². The third-order valence-electron chi connectivity index (χ3n) is 3.89. The maximum Gasteiger partial charge on any atom is 0.416 e. The van der Waals surface area contributed by atoms with Gasteiger partial charge in [0.25, 0.3) is 0 Å². The molecule has 1 aliphatic rings. The molecule has 0 unspecified atom stereocenters. The first kappa shape index (κ1) is 14.9. The summed E-state index contributed by atoms with van der Waals surface area (Å²) in [7, 11) is 0. The van der Waals surface area contributed by atoms with Gasteiger partial charge in [-0.3, -0.25) is 0 Å². The Hall–Kier alpha value is -1.46. The fourth-order valence-electron chi connectivity index (χ4n) is 2.47. The molecule has 0 amide bonds. The third-order valence-corrected chi connectivity index (χ3v) is 3.89. The first-order chi connectivity index (χ1) is 9.38. The molecule has 112 valence electrons. The Kier molecular flexibility index (Phi) is 4.11. The van der Waals surface area contributed by atoms with E-state index in [1.807, 2.05) is 13.8 Å². The van der Waals surface area contributed by atoms with Gasteiger partial charge in [-0.05, 0) is 44.7 Å². The Bertz CT molecular complexity index is 462. The number of nitrogens with one attached hydrogen (secondary N) is 2. The lowest BCUT2D eigenvalue weighted by molar-refractivity contribution is -0.137. The average molecular weight is 287 g/mol. The van der Waals surface area contributed by atoms with Crippen LogP contribution in [0.5, 0.6) is 0 Å². The highest BCUT2D eigenvalue weighted by molar-refractivity contribution is 5.51. The summed E-state index contributed by atoms with van der Waals surface area (Å²) >= 11 is 0. The van der Waals surface area contributed by atoms with E-state index in [1.54, 1.807) is 0 Å². The van der Waals surface area contributed by atoms with Crippen molar-refractivity contribution < 1.29 is 13.2 Å². The van der Waals surface area contributed by atoms with Gasteiger partial charge in [-0.15, -0.1) is 0 Å². The van der Waals surface area contributed by atoms with E-state index in [0.717, 1.165) is 37.8 Å². The van der Waals surface area contributed by atoms with E-state index in [2.05, 4.69) is 15.6 Å². The largest absolute Gasteiger partial charge is 0.416 e. The average Bonchev–Trinajstić information content (AvgIpc) is 2.33. The highest BCUT2D eigenvalue weighted by Gasteiger charge is 2.36. The van der Waals surface area contributed by atoms with Crippen LogP contribution in [-0.2, 0) is 6.18 Å². The van der Waals surface area contributed by atoms with Gasteiger partial charge in [0, 0.05) is 12.1 Å². The van der Waals surface area contributed by atoms with Crippen LogP contribution in [0.1, 0.15) is 45.1 Å². The Labute approximate surface area is 117 Å². The van der Waals surface area contributed by atoms with E-state index in [4.69, 9.17) is 0 Å². The Morgan fingerprint density at radius 1 is 1.20 bits per heavy atom. The number of hydrogen-bond donors (Lipinski definition) is 2. The summed E-state index contributed by atoms with van der Waals surface area (Å²) in [6, 6.07) is 2.14. The molecule has 0 saturated heterocycles. The zero-order chi connectivity index (χ0) is 14.8. The van der Waals surface area contributed by atoms with E-state index in [9.17, 15) is 13.2 Å². The molecule has 2 N–H and O–H groups in total. The normalized spacial score (nSPS) is 17.4. The molecule has 0 radical (unpaired) electrons. The van der Waals surface area contributed by atoms with Crippen LogP contribution in [0.2, 0.25) is 0 Å². The molecule has 0 atom stereocenters. The summed E-state index contributed by atoms with van der Waals surface area (Å²) in [6.07, 6.45) is -0.389. The highest BCUT2D eigenvalue weighted by atomic mass is 19.4. The van der Waals surface area contributed by atoms with Gasteiger partial charge < -0.3 is 10.6 Å². The van der Waals surface area contributed by atoms with Crippen molar-refractivity contribution in [3.8, 4) is 0 Å². The van der Waals surface area contributed by atoms with Gasteiger partial charge in [0.15, 0.2) is 0 Å². The first-order valence-corrected chi connectivity index (χ1v) is 7.00. The van der Waals surface area contributed by atoms with E-state index < -0.39 is 11.7 Å². The van der Waals surface area contributed by atoms with Gasteiger partial charge in [0.2, 0.25) is 0 Å². The van der Waals surface area contributed by atoms with Gasteiger partial charge in [-0.2, -0.15) is 13.2 Å². The van der Waals surface area contributed by atoms with Crippen LogP contribution in [-0.4, -0.2) is 17.1 Å². The Morgan fingerprint density at radius 2 is 1.85 bits per heavy atom. The lowest BCUT2D eigenvalue weighted by Crippen LogP contribution is -2.44. The van der Waals surface area contributed by atoms with Crippen LogP contribution in [0.25, 0.3) is 0 Å². The van der Waals surface area contributed by atoms with Gasteiger partial charge in [0.05, 0.1) is 5.56 Å². The van der Waals surface area contributed by atoms with Gasteiger partial charge in [-0.1, -0.05) is 6.92 Å². The molecule has 1 heterocycles. The summed E-state index contributed by atoms with van der Waals surface area (Å²) in [5.41, 5.74) is -0.753. The molecule has 0 aromatic carbocycles. The number of hydrogen-bond acceptors (Lipinski definition) is 3. The number of pyridine rings is 1. The van der Waals surface area contributed by atoms with E-state index in [-0.39, 0.29) is 11.4 Å². The molecule has 0 aliphatic heterocycles. The zero-order valence-electron chi connectivity index (χ0n) is 11.8. The Balaban J connectivity index is 2.29. The minimum atomic E-state index is -4.36. The minimum Gasteiger partial charge on any atom is -0.370 e.